The predicted octanol–water partition coefficient (Wildman–Crippen LogP) is 2.82. The minimum atomic E-state index is -0.247. The normalized spacial score (nSPS) is 20.0. The smallest absolute Gasteiger partial charge is 0.126 e. The summed E-state index contributed by atoms with van der Waals surface area (Å²) in [6.07, 6.45) is 6.10. The van der Waals surface area contributed by atoms with E-state index in [0.29, 0.717) is 11.7 Å². The molecule has 0 bridgehead atoms. The fourth-order valence-corrected chi connectivity index (χ4v) is 2.08. The molecule has 0 radical (unpaired) electrons. The predicted molar refractivity (Wildman–Crippen MR) is 62.1 cm³/mol. The summed E-state index contributed by atoms with van der Waals surface area (Å²) < 4.78 is 18.3. The van der Waals surface area contributed by atoms with Crippen molar-refractivity contribution in [2.45, 2.75) is 18.8 Å². The van der Waals surface area contributed by atoms with E-state index in [1.807, 2.05) is 12.3 Å². The van der Waals surface area contributed by atoms with Crippen molar-refractivity contribution >= 4 is 0 Å². The molecule has 86 valence electrons. The minimum Gasteiger partial charge on any atom is -0.496 e. The number of rotatable bonds is 2. The Labute approximate surface area is 95.1 Å². The molecule has 1 unspecified atom stereocenters. The Hall–Kier alpha value is -1.51. The maximum Gasteiger partial charge on any atom is 0.126 e. The van der Waals surface area contributed by atoms with Gasteiger partial charge in [0.15, 0.2) is 0 Å². The van der Waals surface area contributed by atoms with Crippen molar-refractivity contribution in [1.29, 1.82) is 0 Å². The molecule has 1 aliphatic heterocycles. The second-order valence-corrected chi connectivity index (χ2v) is 3.96. The molecule has 1 atom stereocenters. The number of nitrogens with one attached hydrogen (secondary N) is 1. The van der Waals surface area contributed by atoms with Crippen LogP contribution in [-0.4, -0.2) is 13.7 Å². The number of ether oxygens (including phenoxy) is 1. The lowest BCUT2D eigenvalue weighted by atomic mass is 9.92. The maximum absolute atomic E-state index is 13.1. The summed E-state index contributed by atoms with van der Waals surface area (Å²) in [7, 11) is 1.59. The van der Waals surface area contributed by atoms with Crippen LogP contribution in [-0.2, 0) is 0 Å². The Morgan fingerprint density at radius 3 is 3.12 bits per heavy atom. The van der Waals surface area contributed by atoms with E-state index in [1.54, 1.807) is 7.11 Å². The van der Waals surface area contributed by atoms with Gasteiger partial charge in [0.2, 0.25) is 0 Å². The van der Waals surface area contributed by atoms with E-state index >= 15 is 0 Å². The van der Waals surface area contributed by atoms with E-state index in [1.165, 1.54) is 12.1 Å². The van der Waals surface area contributed by atoms with Crippen LogP contribution in [0.4, 0.5) is 4.39 Å². The van der Waals surface area contributed by atoms with Crippen molar-refractivity contribution in [3.8, 4) is 5.75 Å². The molecule has 2 nitrogen and oxygen atoms in total. The molecule has 0 aromatic heterocycles. The first-order valence-corrected chi connectivity index (χ1v) is 5.53. The molecule has 16 heavy (non-hydrogen) atoms. The molecule has 0 spiro atoms. The zero-order valence-corrected chi connectivity index (χ0v) is 9.37. The van der Waals surface area contributed by atoms with Crippen LogP contribution < -0.4 is 10.1 Å². The quantitative estimate of drug-likeness (QED) is 0.829. The molecular weight excluding hydrogens is 205 g/mol. The highest BCUT2D eigenvalue weighted by molar-refractivity contribution is 5.37. The molecule has 0 fully saturated rings. The number of halogens is 1. The molecule has 0 saturated carbocycles. The van der Waals surface area contributed by atoms with Gasteiger partial charge in [-0.3, -0.25) is 0 Å². The van der Waals surface area contributed by atoms with Gasteiger partial charge < -0.3 is 10.1 Å². The number of methoxy groups -OCH3 is 1. The third-order valence-electron chi connectivity index (χ3n) is 2.93. The molecule has 1 heterocycles. The standard InChI is InChI=1S/C13H16FNO/c1-16-13-9-11(14)4-5-12(13)10-3-2-7-15-8-6-10/h2,4-5,7,9-10,15H,3,6,8H2,1H3. The first-order chi connectivity index (χ1) is 7.81. The Bertz CT molecular complexity index is 390. The Kier molecular flexibility index (Phi) is 3.44. The van der Waals surface area contributed by atoms with Crippen molar-refractivity contribution in [3.63, 3.8) is 0 Å². The summed E-state index contributed by atoms with van der Waals surface area (Å²) in [6, 6.07) is 4.79. The van der Waals surface area contributed by atoms with Crippen LogP contribution in [0.25, 0.3) is 0 Å². The van der Waals surface area contributed by atoms with E-state index in [2.05, 4.69) is 11.4 Å². The molecule has 0 aliphatic carbocycles. The van der Waals surface area contributed by atoms with Crippen molar-refractivity contribution in [2.24, 2.45) is 0 Å². The minimum absolute atomic E-state index is 0.247. The van der Waals surface area contributed by atoms with Gasteiger partial charge in [0, 0.05) is 12.6 Å². The molecule has 3 heteroatoms. The van der Waals surface area contributed by atoms with Gasteiger partial charge in [0.1, 0.15) is 11.6 Å². The van der Waals surface area contributed by atoms with E-state index in [0.717, 1.165) is 24.9 Å². The summed E-state index contributed by atoms with van der Waals surface area (Å²) in [5, 5.41) is 3.20. The van der Waals surface area contributed by atoms with E-state index < -0.39 is 0 Å². The van der Waals surface area contributed by atoms with Crippen LogP contribution in [0.3, 0.4) is 0 Å². The van der Waals surface area contributed by atoms with Crippen molar-refractivity contribution in [2.75, 3.05) is 13.7 Å². The van der Waals surface area contributed by atoms with Crippen LogP contribution in [0.2, 0.25) is 0 Å². The first kappa shape index (κ1) is 11.0. The molecule has 0 amide bonds. The van der Waals surface area contributed by atoms with Crippen LogP contribution >= 0.6 is 0 Å². The third-order valence-corrected chi connectivity index (χ3v) is 2.93. The van der Waals surface area contributed by atoms with Gasteiger partial charge in [-0.1, -0.05) is 12.1 Å². The molecular formula is C13H16FNO. The van der Waals surface area contributed by atoms with Gasteiger partial charge in [-0.25, -0.2) is 4.39 Å². The SMILES string of the molecule is COc1cc(F)ccc1C1CC=CNCC1. The summed E-state index contributed by atoms with van der Waals surface area (Å²) in [6.45, 7) is 0.946. The Balaban J connectivity index is 2.27. The second-order valence-electron chi connectivity index (χ2n) is 3.96. The Morgan fingerprint density at radius 1 is 1.44 bits per heavy atom. The van der Waals surface area contributed by atoms with Gasteiger partial charge in [-0.2, -0.15) is 0 Å². The third kappa shape index (κ3) is 2.35. The molecule has 1 aromatic carbocycles. The first-order valence-electron chi connectivity index (χ1n) is 5.53. The fraction of sp³-hybridized carbons (Fsp3) is 0.385. The second kappa shape index (κ2) is 5.01. The molecule has 0 saturated heterocycles. The summed E-state index contributed by atoms with van der Waals surface area (Å²) >= 11 is 0. The van der Waals surface area contributed by atoms with Crippen LogP contribution in [0.15, 0.2) is 30.5 Å². The summed E-state index contributed by atoms with van der Waals surface area (Å²) in [5.74, 6) is 0.810. The van der Waals surface area contributed by atoms with Gasteiger partial charge in [-0.15, -0.1) is 0 Å². The summed E-state index contributed by atoms with van der Waals surface area (Å²) in [5.41, 5.74) is 1.09. The molecule has 2 rings (SSSR count). The lowest BCUT2D eigenvalue weighted by molar-refractivity contribution is 0.400. The topological polar surface area (TPSA) is 21.3 Å². The molecule has 1 aliphatic rings. The highest BCUT2D eigenvalue weighted by Gasteiger charge is 2.16. The number of benzene rings is 1. The van der Waals surface area contributed by atoms with Crippen LogP contribution in [0.1, 0.15) is 24.3 Å². The fourth-order valence-electron chi connectivity index (χ4n) is 2.08. The number of hydrogen-bond donors (Lipinski definition) is 1. The lowest BCUT2D eigenvalue weighted by Crippen LogP contribution is -2.09. The van der Waals surface area contributed by atoms with E-state index in [-0.39, 0.29) is 5.82 Å². The van der Waals surface area contributed by atoms with Gasteiger partial charge >= 0.3 is 0 Å². The van der Waals surface area contributed by atoms with E-state index in [4.69, 9.17) is 4.74 Å². The van der Waals surface area contributed by atoms with Crippen molar-refractivity contribution in [1.82, 2.24) is 5.32 Å². The van der Waals surface area contributed by atoms with Gasteiger partial charge in [0.05, 0.1) is 7.11 Å². The zero-order valence-electron chi connectivity index (χ0n) is 9.37. The number of allylic oxidation sites excluding steroid dienone is 1. The zero-order chi connectivity index (χ0) is 11.4. The van der Waals surface area contributed by atoms with Crippen LogP contribution in [0.5, 0.6) is 5.75 Å². The average molecular weight is 221 g/mol. The van der Waals surface area contributed by atoms with Gasteiger partial charge in [0.25, 0.3) is 0 Å². The van der Waals surface area contributed by atoms with Crippen LogP contribution in [0, 0.1) is 5.82 Å². The van der Waals surface area contributed by atoms with E-state index in [9.17, 15) is 4.39 Å². The monoisotopic (exact) mass is 221 g/mol. The van der Waals surface area contributed by atoms with Gasteiger partial charge in [-0.05, 0) is 36.6 Å². The maximum atomic E-state index is 13.1. The lowest BCUT2D eigenvalue weighted by Gasteiger charge is -2.17. The molecule has 1 N–H and O–H groups in total. The average Bonchev–Trinajstić information content (AvgIpc) is 2.57. The van der Waals surface area contributed by atoms with Crippen molar-refractivity contribution in [3.05, 3.63) is 41.9 Å². The summed E-state index contributed by atoms with van der Waals surface area (Å²) in [4.78, 5) is 0. The molecule has 1 aromatic rings. The largest absolute Gasteiger partial charge is 0.496 e. The highest BCUT2D eigenvalue weighted by atomic mass is 19.1. The highest BCUT2D eigenvalue weighted by Crippen LogP contribution is 2.32. The number of hydrogen-bond acceptors (Lipinski definition) is 2. The van der Waals surface area contributed by atoms with Crippen molar-refractivity contribution < 1.29 is 9.13 Å². The Morgan fingerprint density at radius 2 is 2.31 bits per heavy atom.